The highest BCUT2D eigenvalue weighted by Crippen LogP contribution is 2.45. The van der Waals surface area contributed by atoms with Crippen LogP contribution in [0.15, 0.2) is 36.4 Å². The lowest BCUT2D eigenvalue weighted by Crippen LogP contribution is -2.30. The van der Waals surface area contributed by atoms with Gasteiger partial charge < -0.3 is 0 Å². The Hall–Kier alpha value is -2.92. The second-order valence-electron chi connectivity index (χ2n) is 8.56. The summed E-state index contributed by atoms with van der Waals surface area (Å²) in [4.78, 5) is 60.3. The Labute approximate surface area is 223 Å². The molecule has 2 aliphatic rings. The summed E-state index contributed by atoms with van der Waals surface area (Å²) in [5, 5.41) is 0. The maximum absolute atomic E-state index is 12.6. The van der Waals surface area contributed by atoms with Gasteiger partial charge >= 0.3 is 0 Å². The molecule has 0 aliphatic carbocycles. The molecule has 36 heavy (non-hydrogen) atoms. The SMILES string of the molecule is CCCN1C(=O)c2cc(-c3ccc(-c4ccc(-c5cc6c(s5)C(=O)N(CCC)C6=O)s4)s3)sc2C1=O. The van der Waals surface area contributed by atoms with Gasteiger partial charge in [0.05, 0.1) is 11.1 Å². The summed E-state index contributed by atoms with van der Waals surface area (Å²) >= 11 is 6.00. The minimum Gasteiger partial charge on any atom is -0.274 e. The predicted octanol–water partition coefficient (Wildman–Crippen LogP) is 6.95. The van der Waals surface area contributed by atoms with Gasteiger partial charge in [-0.05, 0) is 49.2 Å². The Bertz CT molecular complexity index is 1390. The van der Waals surface area contributed by atoms with E-state index < -0.39 is 0 Å². The lowest BCUT2D eigenvalue weighted by molar-refractivity contribution is 0.0640. The molecule has 4 aromatic rings. The second-order valence-corrected chi connectivity index (χ2v) is 12.8. The van der Waals surface area contributed by atoms with Gasteiger partial charge in [-0.3, -0.25) is 29.0 Å². The monoisotopic (exact) mass is 552 g/mol. The van der Waals surface area contributed by atoms with Gasteiger partial charge in [-0.1, -0.05) is 13.8 Å². The Morgan fingerprint density at radius 3 is 1.22 bits per heavy atom. The van der Waals surface area contributed by atoms with Crippen molar-refractivity contribution in [3.8, 4) is 29.3 Å². The zero-order chi connectivity index (χ0) is 25.1. The van der Waals surface area contributed by atoms with Crippen molar-refractivity contribution in [1.82, 2.24) is 9.80 Å². The van der Waals surface area contributed by atoms with Gasteiger partial charge in [0.1, 0.15) is 9.75 Å². The molecule has 10 heteroatoms. The van der Waals surface area contributed by atoms with E-state index in [0.29, 0.717) is 34.0 Å². The Morgan fingerprint density at radius 2 is 0.889 bits per heavy atom. The molecule has 0 radical (unpaired) electrons. The van der Waals surface area contributed by atoms with E-state index in [1.54, 1.807) is 22.7 Å². The van der Waals surface area contributed by atoms with Gasteiger partial charge in [0.25, 0.3) is 23.6 Å². The molecule has 6 rings (SSSR count). The molecule has 4 amide bonds. The van der Waals surface area contributed by atoms with Crippen molar-refractivity contribution in [2.75, 3.05) is 13.1 Å². The minimum atomic E-state index is -0.198. The smallest absolute Gasteiger partial charge is 0.271 e. The molecular formula is C26H20N2O4S4. The average Bonchev–Trinajstić information content (AvgIpc) is 3.69. The first-order valence-electron chi connectivity index (χ1n) is 11.6. The van der Waals surface area contributed by atoms with E-state index >= 15 is 0 Å². The van der Waals surface area contributed by atoms with Gasteiger partial charge in [0, 0.05) is 42.4 Å². The molecule has 0 saturated heterocycles. The fraction of sp³-hybridized carbons (Fsp3) is 0.231. The van der Waals surface area contributed by atoms with Crippen molar-refractivity contribution in [2.24, 2.45) is 0 Å². The van der Waals surface area contributed by atoms with Crippen LogP contribution < -0.4 is 0 Å². The summed E-state index contributed by atoms with van der Waals surface area (Å²) in [6, 6.07) is 11.8. The van der Waals surface area contributed by atoms with E-state index in [1.165, 1.54) is 32.5 Å². The number of fused-ring (bicyclic) bond motifs is 2. The molecule has 0 spiro atoms. The van der Waals surface area contributed by atoms with Gasteiger partial charge in [-0.25, -0.2) is 0 Å². The number of carbonyl (C=O) groups excluding carboxylic acids is 4. The fourth-order valence-corrected chi connectivity index (χ4v) is 8.90. The number of nitrogens with zero attached hydrogens (tertiary/aromatic N) is 2. The largest absolute Gasteiger partial charge is 0.274 e. The van der Waals surface area contributed by atoms with Crippen LogP contribution >= 0.6 is 45.3 Å². The van der Waals surface area contributed by atoms with E-state index in [4.69, 9.17) is 0 Å². The topological polar surface area (TPSA) is 74.8 Å². The molecular weight excluding hydrogens is 533 g/mol. The zero-order valence-electron chi connectivity index (χ0n) is 19.5. The van der Waals surface area contributed by atoms with Crippen LogP contribution in [0.25, 0.3) is 29.3 Å². The van der Waals surface area contributed by atoms with Crippen molar-refractivity contribution in [3.05, 3.63) is 57.3 Å². The van der Waals surface area contributed by atoms with E-state index in [2.05, 4.69) is 12.1 Å². The third-order valence-corrected chi connectivity index (χ3v) is 11.1. The lowest BCUT2D eigenvalue weighted by Gasteiger charge is -2.11. The van der Waals surface area contributed by atoms with Gasteiger partial charge in [-0.2, -0.15) is 0 Å². The van der Waals surface area contributed by atoms with Gasteiger partial charge in [0.15, 0.2) is 0 Å². The summed E-state index contributed by atoms with van der Waals surface area (Å²) in [6.45, 7) is 4.80. The van der Waals surface area contributed by atoms with Crippen LogP contribution in [0.1, 0.15) is 66.7 Å². The van der Waals surface area contributed by atoms with E-state index in [1.807, 2.05) is 38.1 Å². The van der Waals surface area contributed by atoms with Crippen molar-refractivity contribution in [3.63, 3.8) is 0 Å². The third-order valence-electron chi connectivity index (χ3n) is 6.13. The third kappa shape index (κ3) is 3.54. The fourth-order valence-electron chi connectivity index (χ4n) is 4.44. The first-order chi connectivity index (χ1) is 17.4. The van der Waals surface area contributed by atoms with Crippen molar-refractivity contribution >= 4 is 69.0 Å². The van der Waals surface area contributed by atoms with Crippen LogP contribution in [-0.4, -0.2) is 46.5 Å². The summed E-state index contributed by atoms with van der Waals surface area (Å²) in [7, 11) is 0. The summed E-state index contributed by atoms with van der Waals surface area (Å²) in [5.74, 6) is -0.774. The molecule has 6 nitrogen and oxygen atoms in total. The zero-order valence-corrected chi connectivity index (χ0v) is 22.7. The Kier molecular flexibility index (Phi) is 5.79. The predicted molar refractivity (Wildman–Crippen MR) is 146 cm³/mol. The number of rotatable bonds is 7. The minimum absolute atomic E-state index is 0.189. The molecule has 0 saturated carbocycles. The number of thiophene rings is 4. The molecule has 0 bridgehead atoms. The molecule has 0 N–H and O–H groups in total. The van der Waals surface area contributed by atoms with Crippen molar-refractivity contribution in [1.29, 1.82) is 0 Å². The summed E-state index contributed by atoms with van der Waals surface area (Å²) in [5.41, 5.74) is 1.02. The van der Waals surface area contributed by atoms with Crippen LogP contribution in [0.5, 0.6) is 0 Å². The average molecular weight is 553 g/mol. The highest BCUT2D eigenvalue weighted by Gasteiger charge is 2.38. The summed E-state index contributed by atoms with van der Waals surface area (Å²) < 4.78 is 0. The molecule has 0 fully saturated rings. The second kappa shape index (κ2) is 8.88. The molecule has 0 aromatic carbocycles. The number of imide groups is 2. The van der Waals surface area contributed by atoms with Crippen LogP contribution in [0.2, 0.25) is 0 Å². The first kappa shape index (κ1) is 23.5. The maximum Gasteiger partial charge on any atom is 0.271 e. The number of amides is 4. The number of hydrogen-bond acceptors (Lipinski definition) is 8. The van der Waals surface area contributed by atoms with Crippen LogP contribution in [0, 0.1) is 0 Å². The maximum atomic E-state index is 12.6. The standard InChI is InChI=1S/C26H20N2O4S4/c1-3-9-27-23(29)13-11-19(35-21(13)25(27)31)17-7-5-15(33-17)16-6-8-18(34-16)20-12-14-22(36-20)26(32)28(10-4-2)24(14)30/h5-8,11-12H,3-4,9-10H2,1-2H3. The first-order valence-corrected chi connectivity index (χ1v) is 14.9. The molecule has 6 heterocycles. The Balaban J connectivity index is 1.24. The molecule has 2 aliphatic heterocycles. The van der Waals surface area contributed by atoms with Crippen molar-refractivity contribution < 1.29 is 19.2 Å². The quantitative estimate of drug-likeness (QED) is 0.233. The highest BCUT2D eigenvalue weighted by atomic mass is 32.1. The van der Waals surface area contributed by atoms with Crippen LogP contribution in [0.4, 0.5) is 0 Å². The van der Waals surface area contributed by atoms with Crippen molar-refractivity contribution in [2.45, 2.75) is 26.7 Å². The van der Waals surface area contributed by atoms with Crippen LogP contribution in [0.3, 0.4) is 0 Å². The summed E-state index contributed by atoms with van der Waals surface area (Å²) in [6.07, 6.45) is 1.49. The van der Waals surface area contributed by atoms with E-state index in [-0.39, 0.29) is 23.6 Å². The molecule has 0 unspecified atom stereocenters. The number of hydrogen-bond donors (Lipinski definition) is 0. The Morgan fingerprint density at radius 1 is 0.528 bits per heavy atom. The molecule has 0 atom stereocenters. The van der Waals surface area contributed by atoms with Crippen LogP contribution in [-0.2, 0) is 0 Å². The molecule has 182 valence electrons. The number of carbonyl (C=O) groups is 4. The van der Waals surface area contributed by atoms with Gasteiger partial charge in [0.2, 0.25) is 0 Å². The highest BCUT2D eigenvalue weighted by molar-refractivity contribution is 7.29. The molecule has 4 aromatic heterocycles. The lowest BCUT2D eigenvalue weighted by atomic mass is 10.2. The van der Waals surface area contributed by atoms with E-state index in [0.717, 1.165) is 42.1 Å². The van der Waals surface area contributed by atoms with E-state index in [9.17, 15) is 19.2 Å². The normalized spacial score (nSPS) is 14.9. The van der Waals surface area contributed by atoms with Gasteiger partial charge in [-0.15, -0.1) is 45.3 Å².